The fraction of sp³-hybridized carbons (Fsp3) is 0.238. The van der Waals surface area contributed by atoms with Crippen molar-refractivity contribution in [3.63, 3.8) is 0 Å². The molecule has 0 aliphatic carbocycles. The molecule has 0 saturated heterocycles. The van der Waals surface area contributed by atoms with Crippen LogP contribution in [-0.4, -0.2) is 39.9 Å². The van der Waals surface area contributed by atoms with E-state index in [9.17, 15) is 9.59 Å². The Morgan fingerprint density at radius 3 is 2.76 bits per heavy atom. The Morgan fingerprint density at radius 2 is 2.10 bits per heavy atom. The normalized spacial score (nSPS) is 10.6. The number of hydrogen-bond acceptors (Lipinski definition) is 5. The Balaban J connectivity index is 1.78. The van der Waals surface area contributed by atoms with Gasteiger partial charge >= 0.3 is 0 Å². The van der Waals surface area contributed by atoms with Crippen molar-refractivity contribution in [1.29, 1.82) is 0 Å². The predicted molar refractivity (Wildman–Crippen MR) is 111 cm³/mol. The van der Waals surface area contributed by atoms with Gasteiger partial charge in [-0.05, 0) is 37.3 Å². The molecule has 0 fully saturated rings. The Morgan fingerprint density at radius 1 is 1.31 bits per heavy atom. The zero-order chi connectivity index (χ0) is 21.0. The molecular weight excluding hydrogens is 392 g/mol. The summed E-state index contributed by atoms with van der Waals surface area (Å²) in [7, 11) is 3.23. The standard InChI is InChI=1S/C21H21ClN4O3/c1-13-17(21(28)25-20(24-13)14-5-4-8-23-11-14)10-19(27)26(2)12-15-9-16(22)6-7-18(15)29-3/h4-9,11H,10,12H2,1-3H3,(H,24,25,28). The highest BCUT2D eigenvalue weighted by atomic mass is 35.5. The first-order valence-electron chi connectivity index (χ1n) is 8.95. The predicted octanol–water partition coefficient (Wildman–Crippen LogP) is 3.00. The Hall–Kier alpha value is -3.19. The summed E-state index contributed by atoms with van der Waals surface area (Å²) >= 11 is 6.06. The first-order chi connectivity index (χ1) is 13.9. The number of amides is 1. The topological polar surface area (TPSA) is 88.2 Å². The van der Waals surface area contributed by atoms with Crippen LogP contribution in [0.2, 0.25) is 5.02 Å². The molecule has 0 atom stereocenters. The lowest BCUT2D eigenvalue weighted by molar-refractivity contribution is -0.129. The molecule has 1 aromatic carbocycles. The molecule has 2 aromatic heterocycles. The van der Waals surface area contributed by atoms with Crippen molar-refractivity contribution in [3.05, 3.63) is 74.9 Å². The third-order valence-corrected chi connectivity index (χ3v) is 4.80. The van der Waals surface area contributed by atoms with Crippen molar-refractivity contribution < 1.29 is 9.53 Å². The van der Waals surface area contributed by atoms with Gasteiger partial charge in [0.2, 0.25) is 5.91 Å². The van der Waals surface area contributed by atoms with Gasteiger partial charge in [0.05, 0.1) is 13.5 Å². The summed E-state index contributed by atoms with van der Waals surface area (Å²) in [5.74, 6) is 0.857. The number of methoxy groups -OCH3 is 1. The minimum atomic E-state index is -0.335. The second kappa shape index (κ2) is 8.87. The van der Waals surface area contributed by atoms with Crippen LogP contribution in [0.5, 0.6) is 5.75 Å². The molecule has 0 saturated carbocycles. The molecule has 1 N–H and O–H groups in total. The molecule has 150 valence electrons. The fourth-order valence-electron chi connectivity index (χ4n) is 2.96. The minimum Gasteiger partial charge on any atom is -0.496 e. The number of hydrogen-bond donors (Lipinski definition) is 1. The van der Waals surface area contributed by atoms with E-state index >= 15 is 0 Å². The van der Waals surface area contributed by atoms with Crippen LogP contribution in [-0.2, 0) is 17.8 Å². The van der Waals surface area contributed by atoms with Crippen molar-refractivity contribution in [2.24, 2.45) is 0 Å². The van der Waals surface area contributed by atoms with E-state index in [0.717, 1.165) is 5.56 Å². The van der Waals surface area contributed by atoms with Crippen LogP contribution >= 0.6 is 11.6 Å². The van der Waals surface area contributed by atoms with Gasteiger partial charge in [-0.2, -0.15) is 0 Å². The van der Waals surface area contributed by atoms with Gasteiger partial charge in [0.25, 0.3) is 5.56 Å². The molecule has 0 bridgehead atoms. The number of halogens is 1. The van der Waals surface area contributed by atoms with Crippen molar-refractivity contribution in [3.8, 4) is 17.1 Å². The molecular formula is C21H21ClN4O3. The van der Waals surface area contributed by atoms with Crippen LogP contribution in [0.4, 0.5) is 0 Å². The third kappa shape index (κ3) is 4.81. The number of ether oxygens (including phenoxy) is 1. The molecule has 7 nitrogen and oxygen atoms in total. The van der Waals surface area contributed by atoms with Crippen LogP contribution in [0.3, 0.4) is 0 Å². The van der Waals surface area contributed by atoms with Gasteiger partial charge in [0.1, 0.15) is 11.6 Å². The van der Waals surface area contributed by atoms with E-state index in [4.69, 9.17) is 16.3 Å². The van der Waals surface area contributed by atoms with E-state index in [1.165, 1.54) is 4.90 Å². The Labute approximate surface area is 173 Å². The van der Waals surface area contributed by atoms with E-state index in [1.54, 1.807) is 57.7 Å². The zero-order valence-electron chi connectivity index (χ0n) is 16.4. The number of H-pyrrole nitrogens is 1. The van der Waals surface area contributed by atoms with Crippen molar-refractivity contribution in [2.45, 2.75) is 19.9 Å². The number of aryl methyl sites for hydroxylation is 1. The summed E-state index contributed by atoms with van der Waals surface area (Å²) in [4.78, 5) is 38.0. The first kappa shape index (κ1) is 20.5. The van der Waals surface area contributed by atoms with E-state index in [1.807, 2.05) is 6.07 Å². The second-order valence-corrected chi connectivity index (χ2v) is 7.04. The van der Waals surface area contributed by atoms with Gasteiger partial charge < -0.3 is 14.6 Å². The largest absolute Gasteiger partial charge is 0.496 e. The van der Waals surface area contributed by atoms with E-state index in [-0.39, 0.29) is 17.9 Å². The summed E-state index contributed by atoms with van der Waals surface area (Å²) in [5, 5.41) is 0.559. The molecule has 0 spiro atoms. The quantitative estimate of drug-likeness (QED) is 0.672. The maximum Gasteiger partial charge on any atom is 0.255 e. The average molecular weight is 413 g/mol. The number of rotatable bonds is 6. The van der Waals surface area contributed by atoms with Crippen LogP contribution in [0, 0.1) is 6.92 Å². The van der Waals surface area contributed by atoms with E-state index in [0.29, 0.717) is 40.0 Å². The van der Waals surface area contributed by atoms with Crippen LogP contribution in [0.25, 0.3) is 11.4 Å². The lowest BCUT2D eigenvalue weighted by Crippen LogP contribution is -2.31. The maximum atomic E-state index is 12.7. The lowest BCUT2D eigenvalue weighted by Gasteiger charge is -2.19. The molecule has 0 unspecified atom stereocenters. The van der Waals surface area contributed by atoms with Crippen LogP contribution in [0.1, 0.15) is 16.8 Å². The molecule has 0 radical (unpaired) electrons. The number of aromatic amines is 1. The molecule has 0 aliphatic heterocycles. The highest BCUT2D eigenvalue weighted by Gasteiger charge is 2.18. The van der Waals surface area contributed by atoms with Crippen molar-refractivity contribution >= 4 is 17.5 Å². The molecule has 8 heteroatoms. The first-order valence-corrected chi connectivity index (χ1v) is 9.33. The number of carbonyl (C=O) groups excluding carboxylic acids is 1. The number of nitrogens with zero attached hydrogens (tertiary/aromatic N) is 3. The molecule has 29 heavy (non-hydrogen) atoms. The highest BCUT2D eigenvalue weighted by molar-refractivity contribution is 6.30. The lowest BCUT2D eigenvalue weighted by atomic mass is 10.1. The number of likely N-dealkylation sites (N-methyl/N-ethyl adjacent to an activating group) is 1. The van der Waals surface area contributed by atoms with Crippen molar-refractivity contribution in [2.75, 3.05) is 14.2 Å². The number of nitrogens with one attached hydrogen (secondary N) is 1. The van der Waals surface area contributed by atoms with E-state index in [2.05, 4.69) is 15.0 Å². The van der Waals surface area contributed by atoms with Crippen LogP contribution < -0.4 is 10.3 Å². The van der Waals surface area contributed by atoms with Gasteiger partial charge in [-0.15, -0.1) is 0 Å². The monoisotopic (exact) mass is 412 g/mol. The summed E-state index contributed by atoms with van der Waals surface area (Å²) in [6, 6.07) is 8.81. The summed E-state index contributed by atoms with van der Waals surface area (Å²) in [5.41, 5.74) is 2.00. The van der Waals surface area contributed by atoms with Gasteiger partial charge in [-0.3, -0.25) is 14.6 Å². The number of carbonyl (C=O) groups is 1. The van der Waals surface area contributed by atoms with Crippen molar-refractivity contribution in [1.82, 2.24) is 19.9 Å². The van der Waals surface area contributed by atoms with Gasteiger partial charge in [-0.25, -0.2) is 4.98 Å². The zero-order valence-corrected chi connectivity index (χ0v) is 17.2. The average Bonchev–Trinajstić information content (AvgIpc) is 2.71. The Kier molecular flexibility index (Phi) is 6.29. The van der Waals surface area contributed by atoms with Gasteiger partial charge in [0, 0.05) is 53.4 Å². The molecule has 3 rings (SSSR count). The summed E-state index contributed by atoms with van der Waals surface area (Å²) < 4.78 is 5.33. The second-order valence-electron chi connectivity index (χ2n) is 6.60. The molecule has 0 aliphatic rings. The SMILES string of the molecule is COc1ccc(Cl)cc1CN(C)C(=O)Cc1c(C)nc(-c2cccnc2)[nH]c1=O. The maximum absolute atomic E-state index is 12.7. The van der Waals surface area contributed by atoms with Gasteiger partial charge in [0.15, 0.2) is 0 Å². The summed E-state index contributed by atoms with van der Waals surface area (Å²) in [6.45, 7) is 2.03. The highest BCUT2D eigenvalue weighted by Crippen LogP contribution is 2.24. The number of aromatic nitrogens is 3. The fourth-order valence-corrected chi connectivity index (χ4v) is 3.15. The van der Waals surface area contributed by atoms with Gasteiger partial charge in [-0.1, -0.05) is 11.6 Å². The van der Waals surface area contributed by atoms with E-state index < -0.39 is 0 Å². The number of pyridine rings is 1. The number of benzene rings is 1. The minimum absolute atomic E-state index is 0.0547. The third-order valence-electron chi connectivity index (χ3n) is 4.56. The molecule has 3 aromatic rings. The summed E-state index contributed by atoms with van der Waals surface area (Å²) in [6.07, 6.45) is 3.21. The molecule has 1 amide bonds. The van der Waals surface area contributed by atoms with Crippen LogP contribution in [0.15, 0.2) is 47.5 Å². The smallest absolute Gasteiger partial charge is 0.255 e. The molecule has 2 heterocycles. The Bertz CT molecular complexity index is 1080.